The van der Waals surface area contributed by atoms with Crippen LogP contribution in [0.1, 0.15) is 0 Å². The van der Waals surface area contributed by atoms with Crippen LogP contribution in [0.3, 0.4) is 0 Å². The number of hydrogen-bond acceptors (Lipinski definition) is 5. The second-order valence-electron chi connectivity index (χ2n) is 1.90. The van der Waals surface area contributed by atoms with Gasteiger partial charge in [0.05, 0.1) is 6.61 Å². The van der Waals surface area contributed by atoms with Crippen LogP contribution < -0.4 is 4.74 Å². The van der Waals surface area contributed by atoms with Gasteiger partial charge in [-0.15, -0.1) is 5.10 Å². The SMILES string of the molecule is COCCOc1cnnc(Cl)n1. The van der Waals surface area contributed by atoms with Crippen molar-refractivity contribution in [2.45, 2.75) is 0 Å². The van der Waals surface area contributed by atoms with Crippen molar-refractivity contribution in [3.63, 3.8) is 0 Å². The zero-order valence-electron chi connectivity index (χ0n) is 6.53. The third-order valence-corrected chi connectivity index (χ3v) is 1.21. The second-order valence-corrected chi connectivity index (χ2v) is 2.24. The van der Waals surface area contributed by atoms with Gasteiger partial charge in [-0.2, -0.15) is 10.1 Å². The first kappa shape index (κ1) is 9.15. The van der Waals surface area contributed by atoms with Crippen molar-refractivity contribution in [2.75, 3.05) is 20.3 Å². The molecule has 1 heterocycles. The van der Waals surface area contributed by atoms with Gasteiger partial charge in [0.25, 0.3) is 0 Å². The molecule has 1 aromatic rings. The number of nitrogens with zero attached hydrogens (tertiary/aromatic N) is 3. The molecule has 6 heteroatoms. The van der Waals surface area contributed by atoms with Crippen LogP contribution in [0.2, 0.25) is 5.28 Å². The lowest BCUT2D eigenvalue weighted by Crippen LogP contribution is -2.06. The zero-order chi connectivity index (χ0) is 8.81. The minimum absolute atomic E-state index is 0.0740. The van der Waals surface area contributed by atoms with Crippen molar-refractivity contribution in [2.24, 2.45) is 0 Å². The largest absolute Gasteiger partial charge is 0.474 e. The van der Waals surface area contributed by atoms with E-state index in [0.29, 0.717) is 19.1 Å². The number of rotatable bonds is 4. The van der Waals surface area contributed by atoms with Crippen LogP contribution in [0.15, 0.2) is 6.20 Å². The van der Waals surface area contributed by atoms with Crippen molar-refractivity contribution < 1.29 is 9.47 Å². The molecule has 0 atom stereocenters. The standard InChI is InChI=1S/C6H8ClN3O2/c1-11-2-3-12-5-4-8-10-6(7)9-5/h4H,2-3H2,1H3. The lowest BCUT2D eigenvalue weighted by molar-refractivity contribution is 0.143. The molecule has 0 radical (unpaired) electrons. The molecule has 0 fully saturated rings. The quantitative estimate of drug-likeness (QED) is 0.648. The summed E-state index contributed by atoms with van der Waals surface area (Å²) in [5, 5.41) is 7.09. The van der Waals surface area contributed by atoms with E-state index >= 15 is 0 Å². The highest BCUT2D eigenvalue weighted by Crippen LogP contribution is 2.05. The van der Waals surface area contributed by atoms with E-state index in [2.05, 4.69) is 15.2 Å². The van der Waals surface area contributed by atoms with Crippen LogP contribution in [-0.2, 0) is 4.74 Å². The van der Waals surface area contributed by atoms with E-state index in [1.54, 1.807) is 7.11 Å². The predicted molar refractivity (Wildman–Crippen MR) is 42.2 cm³/mol. The Morgan fingerprint density at radius 1 is 1.50 bits per heavy atom. The maximum absolute atomic E-state index is 5.46. The Labute approximate surface area is 74.7 Å². The van der Waals surface area contributed by atoms with Crippen LogP contribution >= 0.6 is 11.6 Å². The third kappa shape index (κ3) is 2.98. The van der Waals surface area contributed by atoms with Gasteiger partial charge in [0.1, 0.15) is 12.8 Å². The van der Waals surface area contributed by atoms with Crippen molar-refractivity contribution in [1.29, 1.82) is 0 Å². The maximum Gasteiger partial charge on any atom is 0.246 e. The molecule has 0 aliphatic carbocycles. The zero-order valence-corrected chi connectivity index (χ0v) is 7.28. The number of aromatic nitrogens is 3. The Balaban J connectivity index is 2.41. The van der Waals surface area contributed by atoms with Crippen molar-refractivity contribution in [3.05, 3.63) is 11.5 Å². The molecule has 12 heavy (non-hydrogen) atoms. The first-order valence-corrected chi connectivity index (χ1v) is 3.67. The fourth-order valence-electron chi connectivity index (χ4n) is 0.567. The van der Waals surface area contributed by atoms with Gasteiger partial charge in [0.2, 0.25) is 11.2 Å². The monoisotopic (exact) mass is 189 g/mol. The minimum Gasteiger partial charge on any atom is -0.474 e. The van der Waals surface area contributed by atoms with E-state index in [9.17, 15) is 0 Å². The minimum atomic E-state index is 0.0740. The van der Waals surface area contributed by atoms with E-state index in [0.717, 1.165) is 0 Å². The number of halogens is 1. The third-order valence-electron chi connectivity index (χ3n) is 1.05. The molecule has 0 aromatic carbocycles. The Hall–Kier alpha value is -0.940. The topological polar surface area (TPSA) is 57.1 Å². The summed E-state index contributed by atoms with van der Waals surface area (Å²) in [7, 11) is 1.59. The van der Waals surface area contributed by atoms with Gasteiger partial charge < -0.3 is 9.47 Å². The van der Waals surface area contributed by atoms with Gasteiger partial charge in [-0.1, -0.05) is 0 Å². The first-order valence-electron chi connectivity index (χ1n) is 3.30. The number of methoxy groups -OCH3 is 1. The molecular weight excluding hydrogens is 182 g/mol. The number of hydrogen-bond donors (Lipinski definition) is 0. The summed E-state index contributed by atoms with van der Waals surface area (Å²) in [6.07, 6.45) is 1.39. The van der Waals surface area contributed by atoms with Gasteiger partial charge in [-0.3, -0.25) is 0 Å². The second kappa shape index (κ2) is 4.84. The van der Waals surface area contributed by atoms with E-state index in [4.69, 9.17) is 21.1 Å². The lowest BCUT2D eigenvalue weighted by atomic mass is 10.7. The molecule has 1 rings (SSSR count). The molecule has 0 spiro atoms. The Morgan fingerprint density at radius 3 is 3.00 bits per heavy atom. The summed E-state index contributed by atoms with van der Waals surface area (Å²) in [6, 6.07) is 0. The molecule has 1 aromatic heterocycles. The molecule has 0 saturated heterocycles. The lowest BCUT2D eigenvalue weighted by Gasteiger charge is -2.02. The van der Waals surface area contributed by atoms with E-state index < -0.39 is 0 Å². The number of ether oxygens (including phenoxy) is 2. The van der Waals surface area contributed by atoms with Gasteiger partial charge in [-0.25, -0.2) is 0 Å². The normalized spacial score (nSPS) is 9.83. The van der Waals surface area contributed by atoms with Crippen molar-refractivity contribution >= 4 is 11.6 Å². The highest BCUT2D eigenvalue weighted by molar-refractivity contribution is 6.28. The summed E-state index contributed by atoms with van der Waals surface area (Å²) < 4.78 is 9.88. The maximum atomic E-state index is 5.46. The molecule has 0 N–H and O–H groups in total. The highest BCUT2D eigenvalue weighted by atomic mass is 35.5. The molecule has 0 bridgehead atoms. The Bertz CT molecular complexity index is 246. The first-order chi connectivity index (χ1) is 5.83. The van der Waals surface area contributed by atoms with E-state index in [1.165, 1.54) is 6.20 Å². The van der Waals surface area contributed by atoms with E-state index in [1.807, 2.05) is 0 Å². The smallest absolute Gasteiger partial charge is 0.246 e. The van der Waals surface area contributed by atoms with Crippen LogP contribution in [0.25, 0.3) is 0 Å². The predicted octanol–water partition coefficient (Wildman–Crippen LogP) is 0.550. The summed E-state index contributed by atoms with van der Waals surface area (Å²) in [4.78, 5) is 3.76. The molecule has 0 aliphatic rings. The van der Waals surface area contributed by atoms with Crippen molar-refractivity contribution in [1.82, 2.24) is 15.2 Å². The molecule has 0 aliphatic heterocycles. The fraction of sp³-hybridized carbons (Fsp3) is 0.500. The summed E-state index contributed by atoms with van der Waals surface area (Å²) in [5.41, 5.74) is 0. The van der Waals surface area contributed by atoms with Crippen LogP contribution in [-0.4, -0.2) is 35.5 Å². The van der Waals surface area contributed by atoms with Crippen LogP contribution in [0, 0.1) is 0 Å². The summed E-state index contributed by atoms with van der Waals surface area (Å²) >= 11 is 5.46. The Kier molecular flexibility index (Phi) is 3.69. The Morgan fingerprint density at radius 2 is 2.33 bits per heavy atom. The average molecular weight is 190 g/mol. The molecule has 0 amide bonds. The summed E-state index contributed by atoms with van der Waals surface area (Å²) in [6.45, 7) is 0.924. The average Bonchev–Trinajstić information content (AvgIpc) is 2.05. The van der Waals surface area contributed by atoms with Gasteiger partial charge in [-0.05, 0) is 11.6 Å². The van der Waals surface area contributed by atoms with Crippen LogP contribution in [0.4, 0.5) is 0 Å². The molecule has 0 saturated carbocycles. The highest BCUT2D eigenvalue weighted by Gasteiger charge is 1.97. The fourth-order valence-corrected chi connectivity index (χ4v) is 0.694. The van der Waals surface area contributed by atoms with Crippen molar-refractivity contribution in [3.8, 4) is 5.88 Å². The van der Waals surface area contributed by atoms with Gasteiger partial charge >= 0.3 is 0 Å². The van der Waals surface area contributed by atoms with Gasteiger partial charge in [0, 0.05) is 7.11 Å². The summed E-state index contributed by atoms with van der Waals surface area (Å²) in [5.74, 6) is 0.354. The molecular formula is C6H8ClN3O2. The molecule has 5 nitrogen and oxygen atoms in total. The molecule has 0 unspecified atom stereocenters. The van der Waals surface area contributed by atoms with E-state index in [-0.39, 0.29) is 5.28 Å². The van der Waals surface area contributed by atoms with Gasteiger partial charge in [0.15, 0.2) is 0 Å². The molecule has 66 valence electrons. The van der Waals surface area contributed by atoms with Crippen LogP contribution in [0.5, 0.6) is 5.88 Å².